The van der Waals surface area contributed by atoms with Crippen molar-refractivity contribution in [3.05, 3.63) is 11.6 Å². The predicted octanol–water partition coefficient (Wildman–Crippen LogP) is 0.745. The van der Waals surface area contributed by atoms with E-state index in [1.54, 1.807) is 20.8 Å². The number of esters is 1. The molecule has 2 N–H and O–H groups in total. The highest BCUT2D eigenvalue weighted by Gasteiger charge is 2.46. The normalized spacial score (nSPS) is 22.6. The Labute approximate surface area is 106 Å². The Morgan fingerprint density at radius 1 is 1.50 bits per heavy atom. The summed E-state index contributed by atoms with van der Waals surface area (Å²) in [4.78, 5) is 23.3. The lowest BCUT2D eigenvalue weighted by Gasteiger charge is -2.37. The zero-order valence-electron chi connectivity index (χ0n) is 11.1. The van der Waals surface area contributed by atoms with Crippen molar-refractivity contribution < 1.29 is 24.2 Å². The molecule has 0 spiro atoms. The van der Waals surface area contributed by atoms with Crippen LogP contribution in [0.5, 0.6) is 0 Å². The minimum Gasteiger partial charge on any atom is -0.467 e. The first-order valence-corrected chi connectivity index (χ1v) is 5.63. The second-order valence-corrected chi connectivity index (χ2v) is 5.23. The molecule has 0 aromatic carbocycles. The van der Waals surface area contributed by atoms with Crippen LogP contribution >= 0.6 is 0 Å². The molecule has 1 rings (SSSR count). The van der Waals surface area contributed by atoms with Crippen molar-refractivity contribution in [1.29, 1.82) is 0 Å². The Bertz CT molecular complexity index is 382. The summed E-state index contributed by atoms with van der Waals surface area (Å²) >= 11 is 0. The van der Waals surface area contributed by atoms with E-state index < -0.39 is 23.2 Å². The van der Waals surface area contributed by atoms with E-state index in [4.69, 9.17) is 9.84 Å². The van der Waals surface area contributed by atoms with Crippen molar-refractivity contribution >= 4 is 12.1 Å². The summed E-state index contributed by atoms with van der Waals surface area (Å²) in [7, 11) is 1.24. The fraction of sp³-hybridized carbons (Fsp3) is 0.667. The van der Waals surface area contributed by atoms with Crippen LogP contribution in [0.15, 0.2) is 11.6 Å². The molecule has 0 fully saturated rings. The molecule has 1 amide bonds. The summed E-state index contributed by atoms with van der Waals surface area (Å²) in [6.45, 7) is 5.04. The molecule has 0 radical (unpaired) electrons. The summed E-state index contributed by atoms with van der Waals surface area (Å²) < 4.78 is 9.73. The fourth-order valence-corrected chi connectivity index (χ4v) is 1.71. The number of hydrogen-bond acceptors (Lipinski definition) is 5. The first kappa shape index (κ1) is 14.5. The van der Waals surface area contributed by atoms with Crippen LogP contribution in [0, 0.1) is 0 Å². The van der Waals surface area contributed by atoms with Crippen molar-refractivity contribution in [2.24, 2.45) is 0 Å². The third-order valence-electron chi connectivity index (χ3n) is 2.43. The lowest BCUT2D eigenvalue weighted by Crippen LogP contribution is -2.59. The van der Waals surface area contributed by atoms with Crippen molar-refractivity contribution in [2.75, 3.05) is 13.7 Å². The number of nitrogens with one attached hydrogen (secondary N) is 1. The molecule has 0 saturated carbocycles. The first-order chi connectivity index (χ1) is 8.22. The number of amides is 1. The molecular formula is C12H19NO5. The molecule has 1 aliphatic rings. The molecule has 0 bridgehead atoms. The number of ether oxygens (including phenoxy) is 2. The minimum atomic E-state index is -1.21. The van der Waals surface area contributed by atoms with E-state index in [9.17, 15) is 9.59 Å². The van der Waals surface area contributed by atoms with Gasteiger partial charge in [-0.05, 0) is 32.4 Å². The Morgan fingerprint density at radius 2 is 2.06 bits per heavy atom. The van der Waals surface area contributed by atoms with Gasteiger partial charge in [0.1, 0.15) is 5.60 Å². The molecule has 6 heteroatoms. The molecule has 1 aliphatic carbocycles. The molecule has 0 saturated heterocycles. The summed E-state index contributed by atoms with van der Waals surface area (Å²) in [5.74, 6) is -0.578. The molecule has 0 aromatic heterocycles. The second kappa shape index (κ2) is 4.97. The number of carbonyl (C=O) groups excluding carboxylic acids is 2. The van der Waals surface area contributed by atoms with Crippen LogP contribution in [-0.2, 0) is 14.3 Å². The molecule has 0 heterocycles. The highest BCUT2D eigenvalue weighted by molar-refractivity contribution is 5.90. The van der Waals surface area contributed by atoms with Crippen molar-refractivity contribution in [3.63, 3.8) is 0 Å². The maximum atomic E-state index is 11.7. The quantitative estimate of drug-likeness (QED) is 0.575. The minimum absolute atomic E-state index is 0.144. The van der Waals surface area contributed by atoms with Gasteiger partial charge in [0.05, 0.1) is 13.7 Å². The Kier molecular flexibility index (Phi) is 4.01. The van der Waals surface area contributed by atoms with Gasteiger partial charge in [-0.2, -0.15) is 0 Å². The van der Waals surface area contributed by atoms with Crippen LogP contribution in [0.1, 0.15) is 27.2 Å². The number of rotatable bonds is 3. The Morgan fingerprint density at radius 3 is 2.44 bits per heavy atom. The van der Waals surface area contributed by atoms with Crippen LogP contribution in [0.2, 0.25) is 0 Å². The van der Waals surface area contributed by atoms with Gasteiger partial charge in [-0.1, -0.05) is 0 Å². The lowest BCUT2D eigenvalue weighted by molar-refractivity contribution is -0.147. The zero-order chi connectivity index (χ0) is 14.0. The van der Waals surface area contributed by atoms with Gasteiger partial charge >= 0.3 is 12.1 Å². The molecule has 0 unspecified atom stereocenters. The van der Waals surface area contributed by atoms with E-state index in [2.05, 4.69) is 10.1 Å². The second-order valence-electron chi connectivity index (χ2n) is 5.23. The van der Waals surface area contributed by atoms with Crippen LogP contribution in [0.3, 0.4) is 0 Å². The van der Waals surface area contributed by atoms with Crippen LogP contribution in [0.25, 0.3) is 0 Å². The summed E-state index contributed by atoms with van der Waals surface area (Å²) in [6, 6.07) is 0. The SMILES string of the molecule is COC(=O)[C@]1(NC(=O)OC(C)(C)C)C=C(CO)C1. The first-order valence-electron chi connectivity index (χ1n) is 5.63. The molecule has 0 aliphatic heterocycles. The van der Waals surface area contributed by atoms with Gasteiger partial charge in [0.15, 0.2) is 5.54 Å². The average molecular weight is 257 g/mol. The van der Waals surface area contributed by atoms with Crippen LogP contribution in [-0.4, -0.2) is 42.0 Å². The summed E-state index contributed by atoms with van der Waals surface area (Å²) in [6.07, 6.45) is 1.03. The van der Waals surface area contributed by atoms with Crippen molar-refractivity contribution in [2.45, 2.75) is 38.3 Å². The summed E-state index contributed by atoms with van der Waals surface area (Å²) in [5.41, 5.74) is -1.18. The van der Waals surface area contributed by atoms with E-state index >= 15 is 0 Å². The molecule has 1 atom stereocenters. The Balaban J connectivity index is 2.74. The molecule has 6 nitrogen and oxygen atoms in total. The number of methoxy groups -OCH3 is 1. The van der Waals surface area contributed by atoms with Crippen LogP contribution < -0.4 is 5.32 Å². The van der Waals surface area contributed by atoms with Gasteiger partial charge in [0.25, 0.3) is 0 Å². The van der Waals surface area contributed by atoms with E-state index in [1.165, 1.54) is 13.2 Å². The number of carbonyl (C=O) groups is 2. The maximum absolute atomic E-state index is 11.7. The van der Waals surface area contributed by atoms with Crippen molar-refractivity contribution in [1.82, 2.24) is 5.32 Å². The highest BCUT2D eigenvalue weighted by atomic mass is 16.6. The van der Waals surface area contributed by atoms with E-state index in [1.807, 2.05) is 0 Å². The molecular weight excluding hydrogens is 238 g/mol. The molecule has 0 aromatic rings. The highest BCUT2D eigenvalue weighted by Crippen LogP contribution is 2.31. The zero-order valence-corrected chi connectivity index (χ0v) is 11.1. The maximum Gasteiger partial charge on any atom is 0.408 e. The van der Waals surface area contributed by atoms with Gasteiger partial charge in [-0.15, -0.1) is 0 Å². The van der Waals surface area contributed by atoms with Gasteiger partial charge in [-0.3, -0.25) is 0 Å². The molecule has 18 heavy (non-hydrogen) atoms. The van der Waals surface area contributed by atoms with Gasteiger partial charge in [0.2, 0.25) is 0 Å². The lowest BCUT2D eigenvalue weighted by atomic mass is 9.79. The fourth-order valence-electron chi connectivity index (χ4n) is 1.71. The topological polar surface area (TPSA) is 84.9 Å². The van der Waals surface area contributed by atoms with Gasteiger partial charge < -0.3 is 19.9 Å². The average Bonchev–Trinajstić information content (AvgIpc) is 2.18. The van der Waals surface area contributed by atoms with E-state index in [-0.39, 0.29) is 13.0 Å². The van der Waals surface area contributed by atoms with Gasteiger partial charge in [0, 0.05) is 6.42 Å². The van der Waals surface area contributed by atoms with Gasteiger partial charge in [-0.25, -0.2) is 9.59 Å². The Hall–Kier alpha value is -1.56. The van der Waals surface area contributed by atoms with E-state index in [0.29, 0.717) is 5.57 Å². The van der Waals surface area contributed by atoms with Crippen LogP contribution in [0.4, 0.5) is 4.79 Å². The number of alkyl carbamates (subject to hydrolysis) is 1. The monoisotopic (exact) mass is 257 g/mol. The molecule has 102 valence electrons. The predicted molar refractivity (Wildman–Crippen MR) is 63.9 cm³/mol. The summed E-state index contributed by atoms with van der Waals surface area (Å²) in [5, 5.41) is 11.4. The third kappa shape index (κ3) is 3.22. The standard InChI is InChI=1S/C12H19NO5/c1-11(2,3)18-10(16)13-12(9(15)17-4)5-8(6-12)7-14/h5,14H,6-7H2,1-4H3,(H,13,16)/t12-/m0/s1. The van der Waals surface area contributed by atoms with E-state index in [0.717, 1.165) is 0 Å². The number of aliphatic hydroxyl groups excluding tert-OH is 1. The largest absolute Gasteiger partial charge is 0.467 e. The number of hydrogen-bond donors (Lipinski definition) is 2. The van der Waals surface area contributed by atoms with Crippen molar-refractivity contribution in [3.8, 4) is 0 Å². The third-order valence-corrected chi connectivity index (χ3v) is 2.43. The smallest absolute Gasteiger partial charge is 0.408 e. The number of aliphatic hydroxyl groups is 1.